The second kappa shape index (κ2) is 8.55. The molecule has 0 saturated heterocycles. The maximum Gasteiger partial charge on any atom is 0.155 e. The lowest BCUT2D eigenvalue weighted by Crippen LogP contribution is -1.95. The zero-order chi connectivity index (χ0) is 11.6. The zero-order valence-corrected chi connectivity index (χ0v) is 10.8. The van der Waals surface area contributed by atoms with Gasteiger partial charge in [0.15, 0.2) is 5.78 Å². The van der Waals surface area contributed by atoms with Crippen LogP contribution >= 0.6 is 0 Å². The molecule has 16 heavy (non-hydrogen) atoms. The number of rotatable bonds is 0. The topological polar surface area (TPSA) is 17.1 Å². The number of hydrogen-bond donors (Lipinski definition) is 0. The fourth-order valence-corrected chi connectivity index (χ4v) is 2.36. The maximum absolute atomic E-state index is 11.6. The summed E-state index contributed by atoms with van der Waals surface area (Å²) >= 11 is 0. The van der Waals surface area contributed by atoms with Crippen LogP contribution in [0.2, 0.25) is 0 Å². The molecule has 1 aliphatic rings. The molecule has 0 aromatic rings. The lowest BCUT2D eigenvalue weighted by molar-refractivity contribution is -0.114. The predicted octanol–water partition coefficient (Wildman–Crippen LogP) is 4.81. The second-order valence-electron chi connectivity index (χ2n) is 5.14. The average Bonchev–Trinajstić information content (AvgIpc) is 2.25. The van der Waals surface area contributed by atoms with Gasteiger partial charge in [-0.05, 0) is 32.3 Å². The van der Waals surface area contributed by atoms with Gasteiger partial charge in [-0.3, -0.25) is 4.79 Å². The molecule has 0 amide bonds. The van der Waals surface area contributed by atoms with Gasteiger partial charge < -0.3 is 0 Å². The quantitative estimate of drug-likeness (QED) is 0.575. The molecule has 0 N–H and O–H groups in total. The monoisotopic (exact) mass is 222 g/mol. The Labute approximate surface area is 100 Å². The van der Waals surface area contributed by atoms with Crippen molar-refractivity contribution in [2.75, 3.05) is 0 Å². The van der Waals surface area contributed by atoms with E-state index in [-0.39, 0.29) is 0 Å². The Morgan fingerprint density at radius 2 is 1.19 bits per heavy atom. The summed E-state index contributed by atoms with van der Waals surface area (Å²) in [4.78, 5) is 11.6. The first-order chi connectivity index (χ1) is 7.79. The number of allylic oxidation sites excluding steroid dienone is 2. The number of hydrogen-bond acceptors (Lipinski definition) is 1. The Hall–Kier alpha value is -0.590. The Morgan fingerprint density at radius 3 is 1.75 bits per heavy atom. The lowest BCUT2D eigenvalue weighted by Gasteiger charge is -2.05. The summed E-state index contributed by atoms with van der Waals surface area (Å²) < 4.78 is 0. The van der Waals surface area contributed by atoms with Crippen LogP contribution in [0.4, 0.5) is 0 Å². The van der Waals surface area contributed by atoms with Crippen LogP contribution in [0.3, 0.4) is 0 Å². The second-order valence-corrected chi connectivity index (χ2v) is 5.14. The van der Waals surface area contributed by atoms with Gasteiger partial charge in [0.25, 0.3) is 0 Å². The first-order valence-corrected chi connectivity index (χ1v) is 6.99. The van der Waals surface area contributed by atoms with Gasteiger partial charge in [0.1, 0.15) is 0 Å². The highest BCUT2D eigenvalue weighted by atomic mass is 16.1. The molecular formula is C15H26O. The van der Waals surface area contributed by atoms with Crippen LogP contribution in [-0.2, 0) is 4.79 Å². The summed E-state index contributed by atoms with van der Waals surface area (Å²) in [6.45, 7) is 2.10. The van der Waals surface area contributed by atoms with Crippen molar-refractivity contribution < 1.29 is 4.79 Å². The van der Waals surface area contributed by atoms with E-state index < -0.39 is 0 Å². The number of carbonyl (C=O) groups excluding carboxylic acids is 1. The highest BCUT2D eigenvalue weighted by molar-refractivity contribution is 5.90. The standard InChI is InChI=1S/C15H26O/c1-14-11-9-7-5-3-2-4-6-8-10-12-15(16)13-14/h13H,2-12H2,1H3/b14-13+. The number of carbonyl (C=O) groups is 1. The van der Waals surface area contributed by atoms with Gasteiger partial charge in [-0.1, -0.05) is 50.5 Å². The fraction of sp³-hybridized carbons (Fsp3) is 0.800. The molecule has 0 radical (unpaired) electrons. The Balaban J connectivity index is 2.35. The smallest absolute Gasteiger partial charge is 0.155 e. The van der Waals surface area contributed by atoms with Gasteiger partial charge >= 0.3 is 0 Å². The van der Waals surface area contributed by atoms with Crippen molar-refractivity contribution in [1.82, 2.24) is 0 Å². The van der Waals surface area contributed by atoms with Crippen molar-refractivity contribution in [3.05, 3.63) is 11.6 Å². The lowest BCUT2D eigenvalue weighted by atomic mass is 10.0. The first kappa shape index (κ1) is 13.5. The molecule has 0 fully saturated rings. The summed E-state index contributed by atoms with van der Waals surface area (Å²) in [5, 5.41) is 0. The van der Waals surface area contributed by atoms with Crippen LogP contribution in [-0.4, -0.2) is 5.78 Å². The van der Waals surface area contributed by atoms with E-state index in [1.807, 2.05) is 6.08 Å². The molecule has 92 valence electrons. The van der Waals surface area contributed by atoms with Crippen molar-refractivity contribution in [3.8, 4) is 0 Å². The molecule has 0 aromatic carbocycles. The molecule has 0 bridgehead atoms. The molecule has 0 spiro atoms. The molecule has 1 aliphatic carbocycles. The normalized spacial score (nSPS) is 25.6. The summed E-state index contributed by atoms with van der Waals surface area (Å²) in [6, 6.07) is 0. The van der Waals surface area contributed by atoms with E-state index in [0.717, 1.165) is 19.3 Å². The molecule has 0 aliphatic heterocycles. The van der Waals surface area contributed by atoms with Crippen molar-refractivity contribution in [2.24, 2.45) is 0 Å². The predicted molar refractivity (Wildman–Crippen MR) is 69.6 cm³/mol. The average molecular weight is 222 g/mol. The summed E-state index contributed by atoms with van der Waals surface area (Å²) in [5.41, 5.74) is 1.28. The Morgan fingerprint density at radius 1 is 0.750 bits per heavy atom. The van der Waals surface area contributed by atoms with E-state index in [1.54, 1.807) is 0 Å². The molecule has 0 atom stereocenters. The van der Waals surface area contributed by atoms with Gasteiger partial charge in [-0.15, -0.1) is 0 Å². The molecule has 0 heterocycles. The molecule has 1 rings (SSSR count). The van der Waals surface area contributed by atoms with Gasteiger partial charge in [0.2, 0.25) is 0 Å². The van der Waals surface area contributed by atoms with E-state index in [4.69, 9.17) is 0 Å². The van der Waals surface area contributed by atoms with E-state index in [1.165, 1.54) is 56.9 Å². The summed E-state index contributed by atoms with van der Waals surface area (Å²) in [7, 11) is 0. The van der Waals surface area contributed by atoms with E-state index >= 15 is 0 Å². The van der Waals surface area contributed by atoms with Gasteiger partial charge in [-0.2, -0.15) is 0 Å². The third-order valence-corrected chi connectivity index (χ3v) is 3.40. The third-order valence-electron chi connectivity index (χ3n) is 3.40. The largest absolute Gasteiger partial charge is 0.295 e. The van der Waals surface area contributed by atoms with Crippen LogP contribution in [0.1, 0.15) is 77.6 Å². The molecule has 0 unspecified atom stereocenters. The van der Waals surface area contributed by atoms with Gasteiger partial charge in [-0.25, -0.2) is 0 Å². The van der Waals surface area contributed by atoms with Crippen LogP contribution in [0.15, 0.2) is 11.6 Å². The van der Waals surface area contributed by atoms with Crippen molar-refractivity contribution >= 4 is 5.78 Å². The minimum absolute atomic E-state index is 0.342. The summed E-state index contributed by atoms with van der Waals surface area (Å²) in [5.74, 6) is 0.342. The molecular weight excluding hydrogens is 196 g/mol. The van der Waals surface area contributed by atoms with E-state index in [0.29, 0.717) is 5.78 Å². The maximum atomic E-state index is 11.6. The Bertz CT molecular complexity index is 228. The minimum Gasteiger partial charge on any atom is -0.295 e. The van der Waals surface area contributed by atoms with Crippen LogP contribution in [0, 0.1) is 0 Å². The number of ketones is 1. The van der Waals surface area contributed by atoms with Crippen molar-refractivity contribution in [1.29, 1.82) is 0 Å². The van der Waals surface area contributed by atoms with E-state index in [2.05, 4.69) is 6.92 Å². The van der Waals surface area contributed by atoms with Crippen LogP contribution in [0.5, 0.6) is 0 Å². The minimum atomic E-state index is 0.342. The third kappa shape index (κ3) is 6.81. The van der Waals surface area contributed by atoms with E-state index in [9.17, 15) is 4.79 Å². The zero-order valence-electron chi connectivity index (χ0n) is 10.8. The van der Waals surface area contributed by atoms with Crippen LogP contribution in [0.25, 0.3) is 0 Å². The SMILES string of the molecule is C/C1=C\C(=O)CCCCCCCCCCC1. The van der Waals surface area contributed by atoms with Gasteiger partial charge in [0, 0.05) is 6.42 Å². The molecule has 0 aromatic heterocycles. The Kier molecular flexibility index (Phi) is 7.20. The molecule has 1 heteroatoms. The van der Waals surface area contributed by atoms with Crippen molar-refractivity contribution in [2.45, 2.75) is 77.6 Å². The highest BCUT2D eigenvalue weighted by Gasteiger charge is 2.01. The highest BCUT2D eigenvalue weighted by Crippen LogP contribution is 2.15. The first-order valence-electron chi connectivity index (χ1n) is 6.99. The summed E-state index contributed by atoms with van der Waals surface area (Å²) in [6.07, 6.45) is 15.5. The van der Waals surface area contributed by atoms with Crippen LogP contribution < -0.4 is 0 Å². The fourth-order valence-electron chi connectivity index (χ4n) is 2.36. The molecule has 1 nitrogen and oxygen atoms in total. The molecule has 0 saturated carbocycles. The van der Waals surface area contributed by atoms with Gasteiger partial charge in [0.05, 0.1) is 0 Å². The van der Waals surface area contributed by atoms with Crippen molar-refractivity contribution in [3.63, 3.8) is 0 Å².